The molecule has 164 valence electrons. The fourth-order valence-corrected chi connectivity index (χ4v) is 3.18. The van der Waals surface area contributed by atoms with Crippen LogP contribution in [0.25, 0.3) is 0 Å². The maximum Gasteiger partial charge on any atom is 0.270 e. The van der Waals surface area contributed by atoms with Gasteiger partial charge >= 0.3 is 0 Å². The zero-order valence-corrected chi connectivity index (χ0v) is 17.3. The van der Waals surface area contributed by atoms with Gasteiger partial charge in [0.2, 0.25) is 0 Å². The highest BCUT2D eigenvalue weighted by atomic mass is 35.5. The van der Waals surface area contributed by atoms with Gasteiger partial charge in [0.25, 0.3) is 17.5 Å². The van der Waals surface area contributed by atoms with Gasteiger partial charge in [0, 0.05) is 12.1 Å². The first-order chi connectivity index (χ1) is 15.2. The highest BCUT2D eigenvalue weighted by Gasteiger charge is 2.19. The summed E-state index contributed by atoms with van der Waals surface area (Å²) in [5.74, 6) is -3.26. The molecule has 0 bridgehead atoms. The molecule has 32 heavy (non-hydrogen) atoms. The summed E-state index contributed by atoms with van der Waals surface area (Å²) >= 11 is 6.00. The van der Waals surface area contributed by atoms with E-state index in [1.807, 2.05) is 0 Å². The van der Waals surface area contributed by atoms with Crippen molar-refractivity contribution >= 4 is 34.8 Å². The van der Waals surface area contributed by atoms with Crippen molar-refractivity contribution in [3.8, 4) is 0 Å². The lowest BCUT2D eigenvalue weighted by Crippen LogP contribution is -2.28. The molecule has 0 aliphatic rings. The highest BCUT2D eigenvalue weighted by Crippen LogP contribution is 2.25. The fourth-order valence-electron chi connectivity index (χ4n) is 2.92. The first-order valence-electron chi connectivity index (χ1n) is 9.27. The Balaban J connectivity index is 1.79. The maximum atomic E-state index is 13.5. The Hall–Kier alpha value is -3.85. The van der Waals surface area contributed by atoms with Crippen molar-refractivity contribution in [3.05, 3.63) is 104 Å². The molecular formula is C22H16ClF2N3O4. The van der Waals surface area contributed by atoms with Gasteiger partial charge in [-0.1, -0.05) is 29.8 Å². The summed E-state index contributed by atoms with van der Waals surface area (Å²) in [6.45, 7) is 1.60. The number of nitrogens with zero attached hydrogens (tertiary/aromatic N) is 1. The first kappa shape index (κ1) is 22.8. The van der Waals surface area contributed by atoms with Crippen LogP contribution in [0.1, 0.15) is 39.2 Å². The molecule has 1 atom stereocenters. The number of carbonyl (C=O) groups is 2. The third-order valence-corrected chi connectivity index (χ3v) is 4.93. The van der Waals surface area contributed by atoms with Crippen molar-refractivity contribution in [2.24, 2.45) is 0 Å². The number of nitrogens with one attached hydrogen (secondary N) is 2. The molecule has 0 fully saturated rings. The van der Waals surface area contributed by atoms with Crippen LogP contribution in [-0.4, -0.2) is 16.7 Å². The Kier molecular flexibility index (Phi) is 6.79. The highest BCUT2D eigenvalue weighted by molar-refractivity contribution is 6.34. The number of nitro benzene ring substituents is 1. The summed E-state index contributed by atoms with van der Waals surface area (Å²) < 4.78 is 26.6. The third-order valence-electron chi connectivity index (χ3n) is 4.62. The molecule has 0 radical (unpaired) electrons. The normalized spacial score (nSPS) is 11.5. The van der Waals surface area contributed by atoms with Gasteiger partial charge in [-0.2, -0.15) is 0 Å². The predicted molar refractivity (Wildman–Crippen MR) is 115 cm³/mol. The van der Waals surface area contributed by atoms with Crippen molar-refractivity contribution < 1.29 is 23.3 Å². The van der Waals surface area contributed by atoms with Crippen LogP contribution in [0.15, 0.2) is 60.7 Å². The molecule has 0 heterocycles. The van der Waals surface area contributed by atoms with Gasteiger partial charge in [-0.3, -0.25) is 19.7 Å². The minimum absolute atomic E-state index is 0.0115. The second kappa shape index (κ2) is 9.52. The van der Waals surface area contributed by atoms with E-state index in [1.165, 1.54) is 24.3 Å². The average molecular weight is 460 g/mol. The van der Waals surface area contributed by atoms with Crippen LogP contribution in [0.4, 0.5) is 20.2 Å². The summed E-state index contributed by atoms with van der Waals surface area (Å²) in [6, 6.07) is 12.2. The van der Waals surface area contributed by atoms with Crippen LogP contribution in [-0.2, 0) is 0 Å². The van der Waals surface area contributed by atoms with Crippen LogP contribution in [0.3, 0.4) is 0 Å². The Morgan fingerprint density at radius 2 is 1.69 bits per heavy atom. The summed E-state index contributed by atoms with van der Waals surface area (Å²) in [7, 11) is 0. The molecule has 0 saturated carbocycles. The van der Waals surface area contributed by atoms with Crippen LogP contribution >= 0.6 is 11.6 Å². The van der Waals surface area contributed by atoms with E-state index in [0.29, 0.717) is 5.56 Å². The van der Waals surface area contributed by atoms with Crippen LogP contribution in [0.5, 0.6) is 0 Å². The number of anilines is 1. The van der Waals surface area contributed by atoms with Crippen molar-refractivity contribution in [2.75, 3.05) is 5.32 Å². The summed E-state index contributed by atoms with van der Waals surface area (Å²) in [5.41, 5.74) is 0.367. The standard InChI is InChI=1S/C22H16ClF2N3O4/c1-12(13-6-9-18(24)19(25)10-13)26-22(30)16-4-2-3-5-20(16)27-21(29)15-8-7-14(28(31)32)11-17(15)23/h2-12H,1H3,(H,26,30)(H,27,29). The van der Waals surface area contributed by atoms with E-state index < -0.39 is 34.4 Å². The Labute approximate surface area is 186 Å². The molecule has 2 N–H and O–H groups in total. The molecule has 2 amide bonds. The SMILES string of the molecule is CC(NC(=O)c1ccccc1NC(=O)c1ccc([N+](=O)[O-])cc1Cl)c1ccc(F)c(F)c1. The van der Waals surface area contributed by atoms with Gasteiger partial charge in [-0.05, 0) is 42.8 Å². The van der Waals surface area contributed by atoms with E-state index in [2.05, 4.69) is 10.6 Å². The third kappa shape index (κ3) is 5.06. The predicted octanol–water partition coefficient (Wildman–Crippen LogP) is 5.27. The summed E-state index contributed by atoms with van der Waals surface area (Å²) in [6.07, 6.45) is 0. The fraction of sp³-hybridized carbons (Fsp3) is 0.0909. The van der Waals surface area contributed by atoms with Crippen LogP contribution in [0.2, 0.25) is 5.02 Å². The number of rotatable bonds is 6. The molecule has 3 aromatic carbocycles. The van der Waals surface area contributed by atoms with Crippen molar-refractivity contribution in [1.29, 1.82) is 0 Å². The van der Waals surface area contributed by atoms with Crippen molar-refractivity contribution in [1.82, 2.24) is 5.32 Å². The number of non-ortho nitro benzene ring substituents is 1. The Bertz CT molecular complexity index is 1220. The van der Waals surface area contributed by atoms with Gasteiger partial charge < -0.3 is 10.6 Å². The zero-order valence-electron chi connectivity index (χ0n) is 16.6. The maximum absolute atomic E-state index is 13.5. The van der Waals surface area contributed by atoms with E-state index in [-0.39, 0.29) is 27.5 Å². The first-order valence-corrected chi connectivity index (χ1v) is 9.65. The van der Waals surface area contributed by atoms with Crippen molar-refractivity contribution in [3.63, 3.8) is 0 Å². The number of hydrogen-bond donors (Lipinski definition) is 2. The molecule has 3 aromatic rings. The number of halogens is 3. The molecule has 7 nitrogen and oxygen atoms in total. The largest absolute Gasteiger partial charge is 0.345 e. The lowest BCUT2D eigenvalue weighted by molar-refractivity contribution is -0.384. The number of para-hydroxylation sites is 1. The topological polar surface area (TPSA) is 101 Å². The van der Waals surface area contributed by atoms with Crippen molar-refractivity contribution in [2.45, 2.75) is 13.0 Å². The number of amides is 2. The lowest BCUT2D eigenvalue weighted by atomic mass is 10.1. The Morgan fingerprint density at radius 3 is 2.34 bits per heavy atom. The average Bonchev–Trinajstić information content (AvgIpc) is 2.75. The van der Waals surface area contributed by atoms with Gasteiger partial charge in [0.1, 0.15) is 0 Å². The van der Waals surface area contributed by atoms with E-state index in [0.717, 1.165) is 24.3 Å². The number of hydrogen-bond acceptors (Lipinski definition) is 4. The molecule has 0 aliphatic carbocycles. The minimum Gasteiger partial charge on any atom is -0.345 e. The molecule has 10 heteroatoms. The molecule has 0 aromatic heterocycles. The molecular weight excluding hydrogens is 444 g/mol. The zero-order chi connectivity index (χ0) is 23.4. The minimum atomic E-state index is -1.03. The Morgan fingerprint density at radius 1 is 0.969 bits per heavy atom. The smallest absolute Gasteiger partial charge is 0.270 e. The second-order valence-corrected chi connectivity index (χ2v) is 7.20. The molecule has 0 aliphatic heterocycles. The van der Waals surface area contributed by atoms with Gasteiger partial charge in [0.05, 0.1) is 32.8 Å². The quantitative estimate of drug-likeness (QED) is 0.387. The molecule has 3 rings (SSSR count). The molecule has 0 saturated heterocycles. The lowest BCUT2D eigenvalue weighted by Gasteiger charge is -2.17. The molecule has 1 unspecified atom stereocenters. The molecule has 0 spiro atoms. The van der Waals surface area contributed by atoms with Gasteiger partial charge in [-0.15, -0.1) is 0 Å². The monoisotopic (exact) mass is 459 g/mol. The second-order valence-electron chi connectivity index (χ2n) is 6.79. The number of benzene rings is 3. The van der Waals surface area contributed by atoms with E-state index in [4.69, 9.17) is 11.6 Å². The van der Waals surface area contributed by atoms with Gasteiger partial charge in [-0.25, -0.2) is 8.78 Å². The summed E-state index contributed by atoms with van der Waals surface area (Å²) in [4.78, 5) is 35.6. The van der Waals surface area contributed by atoms with Crippen LogP contribution < -0.4 is 10.6 Å². The summed E-state index contributed by atoms with van der Waals surface area (Å²) in [5, 5.41) is 15.9. The van der Waals surface area contributed by atoms with E-state index in [9.17, 15) is 28.5 Å². The number of carbonyl (C=O) groups excluding carboxylic acids is 2. The van der Waals surface area contributed by atoms with Gasteiger partial charge in [0.15, 0.2) is 11.6 Å². The van der Waals surface area contributed by atoms with E-state index in [1.54, 1.807) is 19.1 Å². The van der Waals surface area contributed by atoms with E-state index >= 15 is 0 Å². The van der Waals surface area contributed by atoms with Crippen LogP contribution in [0, 0.1) is 21.7 Å². The number of nitro groups is 1.